The Morgan fingerprint density at radius 1 is 1.10 bits per heavy atom. The highest BCUT2D eigenvalue weighted by atomic mass is 16.5. The highest BCUT2D eigenvalue weighted by molar-refractivity contribution is 5.94. The molecule has 0 bridgehead atoms. The maximum atomic E-state index is 12.2. The summed E-state index contributed by atoms with van der Waals surface area (Å²) in [6.45, 7) is 2.65. The monoisotopic (exact) mass is 283 g/mol. The van der Waals surface area contributed by atoms with Gasteiger partial charge in [0.15, 0.2) is 0 Å². The first kappa shape index (κ1) is 15.1. The lowest BCUT2D eigenvalue weighted by Crippen LogP contribution is -2.22. The third kappa shape index (κ3) is 4.35. The molecule has 21 heavy (non-hydrogen) atoms. The summed E-state index contributed by atoms with van der Waals surface area (Å²) in [6, 6.07) is 15.5. The molecule has 110 valence electrons. The molecule has 2 rings (SSSR count). The Balaban J connectivity index is 1.95. The van der Waals surface area contributed by atoms with Crippen molar-refractivity contribution in [3.05, 3.63) is 65.2 Å². The van der Waals surface area contributed by atoms with Crippen molar-refractivity contribution in [3.8, 4) is 5.75 Å². The van der Waals surface area contributed by atoms with Crippen LogP contribution in [0.5, 0.6) is 5.75 Å². The normalized spacial score (nSPS) is 10.2. The lowest BCUT2D eigenvalue weighted by atomic mass is 10.1. The predicted molar refractivity (Wildman–Crippen MR) is 84.6 cm³/mol. The molecule has 0 fully saturated rings. The largest absolute Gasteiger partial charge is 0.497 e. The molecule has 3 nitrogen and oxygen atoms in total. The Hall–Kier alpha value is -2.29. The summed E-state index contributed by atoms with van der Waals surface area (Å²) in [6.07, 6.45) is 2.08. The first-order chi connectivity index (χ1) is 10.2. The first-order valence-corrected chi connectivity index (χ1v) is 7.23. The summed E-state index contributed by atoms with van der Waals surface area (Å²) in [4.78, 5) is 12.2. The number of nitrogens with one attached hydrogen (secondary N) is 1. The van der Waals surface area contributed by atoms with Crippen molar-refractivity contribution in [2.24, 2.45) is 0 Å². The van der Waals surface area contributed by atoms with E-state index < -0.39 is 0 Å². The molecule has 0 saturated heterocycles. The Labute approximate surface area is 126 Å². The van der Waals surface area contributed by atoms with E-state index >= 15 is 0 Å². The third-order valence-electron chi connectivity index (χ3n) is 3.34. The van der Waals surface area contributed by atoms with Crippen LogP contribution in [0.2, 0.25) is 0 Å². The third-order valence-corrected chi connectivity index (χ3v) is 3.34. The van der Waals surface area contributed by atoms with Crippen LogP contribution in [-0.4, -0.2) is 13.0 Å². The van der Waals surface area contributed by atoms with Crippen LogP contribution in [0.1, 0.15) is 34.8 Å². The summed E-state index contributed by atoms with van der Waals surface area (Å²) >= 11 is 0. The van der Waals surface area contributed by atoms with E-state index in [0.717, 1.165) is 29.7 Å². The molecule has 0 radical (unpaired) electrons. The molecule has 2 aromatic carbocycles. The van der Waals surface area contributed by atoms with Crippen LogP contribution in [0.4, 0.5) is 0 Å². The smallest absolute Gasteiger partial charge is 0.251 e. The summed E-state index contributed by atoms with van der Waals surface area (Å²) < 4.78 is 5.11. The number of hydrogen-bond acceptors (Lipinski definition) is 2. The van der Waals surface area contributed by atoms with Gasteiger partial charge in [-0.3, -0.25) is 4.79 Å². The number of hydrogen-bond donors (Lipinski definition) is 1. The van der Waals surface area contributed by atoms with Gasteiger partial charge < -0.3 is 10.1 Å². The molecule has 2 aromatic rings. The van der Waals surface area contributed by atoms with E-state index in [1.807, 2.05) is 42.5 Å². The highest BCUT2D eigenvalue weighted by Crippen LogP contribution is 2.12. The van der Waals surface area contributed by atoms with E-state index in [4.69, 9.17) is 4.74 Å². The quantitative estimate of drug-likeness (QED) is 0.880. The van der Waals surface area contributed by atoms with Crippen molar-refractivity contribution in [3.63, 3.8) is 0 Å². The molecule has 1 N–H and O–H groups in total. The Bertz CT molecular complexity index is 590. The number of aryl methyl sites for hydroxylation is 1. The van der Waals surface area contributed by atoms with Crippen LogP contribution >= 0.6 is 0 Å². The molecule has 3 heteroatoms. The molecule has 0 spiro atoms. The summed E-state index contributed by atoms with van der Waals surface area (Å²) in [5.41, 5.74) is 2.97. The minimum Gasteiger partial charge on any atom is -0.497 e. The van der Waals surface area contributed by atoms with Crippen molar-refractivity contribution >= 4 is 5.91 Å². The van der Waals surface area contributed by atoms with Crippen LogP contribution in [-0.2, 0) is 13.0 Å². The second-order valence-electron chi connectivity index (χ2n) is 4.98. The average Bonchev–Trinajstić information content (AvgIpc) is 2.53. The lowest BCUT2D eigenvalue weighted by molar-refractivity contribution is 0.0951. The van der Waals surface area contributed by atoms with Crippen LogP contribution in [0, 0.1) is 0 Å². The second kappa shape index (κ2) is 7.48. The highest BCUT2D eigenvalue weighted by Gasteiger charge is 2.06. The zero-order valence-electron chi connectivity index (χ0n) is 12.6. The van der Waals surface area contributed by atoms with Gasteiger partial charge in [-0.05, 0) is 41.8 Å². The summed E-state index contributed by atoms with van der Waals surface area (Å²) in [7, 11) is 1.64. The predicted octanol–water partition coefficient (Wildman–Crippen LogP) is 3.58. The molecule has 0 saturated carbocycles. The van der Waals surface area contributed by atoms with E-state index in [9.17, 15) is 4.79 Å². The first-order valence-electron chi connectivity index (χ1n) is 7.23. The molecular formula is C18H21NO2. The van der Waals surface area contributed by atoms with Gasteiger partial charge in [-0.25, -0.2) is 0 Å². The van der Waals surface area contributed by atoms with Gasteiger partial charge in [0.05, 0.1) is 7.11 Å². The summed E-state index contributed by atoms with van der Waals surface area (Å²) in [5.74, 6) is 0.779. The van der Waals surface area contributed by atoms with E-state index in [1.54, 1.807) is 7.11 Å². The fraction of sp³-hybridized carbons (Fsp3) is 0.278. The topological polar surface area (TPSA) is 38.3 Å². The maximum Gasteiger partial charge on any atom is 0.251 e. The van der Waals surface area contributed by atoms with Crippen molar-refractivity contribution < 1.29 is 9.53 Å². The van der Waals surface area contributed by atoms with Crippen molar-refractivity contribution in [1.82, 2.24) is 5.32 Å². The van der Waals surface area contributed by atoms with E-state index in [-0.39, 0.29) is 5.91 Å². The molecule has 0 aliphatic rings. The van der Waals surface area contributed by atoms with E-state index in [2.05, 4.69) is 18.3 Å². The minimum atomic E-state index is -0.0382. The van der Waals surface area contributed by atoms with Gasteiger partial charge in [-0.1, -0.05) is 37.6 Å². The van der Waals surface area contributed by atoms with Gasteiger partial charge in [0.1, 0.15) is 5.75 Å². The van der Waals surface area contributed by atoms with Crippen molar-refractivity contribution in [2.45, 2.75) is 26.3 Å². The Kier molecular flexibility index (Phi) is 5.38. The van der Waals surface area contributed by atoms with Crippen LogP contribution in [0.25, 0.3) is 0 Å². The molecule has 0 heterocycles. The molecule has 0 aromatic heterocycles. The second-order valence-corrected chi connectivity index (χ2v) is 4.98. The standard InChI is InChI=1S/C18H21NO2/c1-3-5-14-6-4-7-16(12-14)18(20)19-13-15-8-10-17(21-2)11-9-15/h4,6-12H,3,5,13H2,1-2H3,(H,19,20). The summed E-state index contributed by atoms with van der Waals surface area (Å²) in [5, 5.41) is 2.94. The molecule has 0 aliphatic heterocycles. The zero-order valence-corrected chi connectivity index (χ0v) is 12.6. The Morgan fingerprint density at radius 2 is 1.86 bits per heavy atom. The number of benzene rings is 2. The average molecular weight is 283 g/mol. The molecule has 0 unspecified atom stereocenters. The number of ether oxygens (including phenoxy) is 1. The number of carbonyl (C=O) groups is 1. The van der Waals surface area contributed by atoms with Gasteiger partial charge in [-0.2, -0.15) is 0 Å². The van der Waals surface area contributed by atoms with Gasteiger partial charge in [0, 0.05) is 12.1 Å². The van der Waals surface area contributed by atoms with Gasteiger partial charge in [0.2, 0.25) is 0 Å². The fourth-order valence-corrected chi connectivity index (χ4v) is 2.18. The van der Waals surface area contributed by atoms with Crippen LogP contribution in [0.3, 0.4) is 0 Å². The number of amides is 1. The lowest BCUT2D eigenvalue weighted by Gasteiger charge is -2.07. The van der Waals surface area contributed by atoms with Gasteiger partial charge in [-0.15, -0.1) is 0 Å². The van der Waals surface area contributed by atoms with Crippen molar-refractivity contribution in [1.29, 1.82) is 0 Å². The Morgan fingerprint density at radius 3 is 2.52 bits per heavy atom. The van der Waals surface area contributed by atoms with E-state index in [0.29, 0.717) is 6.54 Å². The molecule has 1 amide bonds. The zero-order chi connectivity index (χ0) is 15.1. The number of carbonyl (C=O) groups excluding carboxylic acids is 1. The van der Waals surface area contributed by atoms with Crippen LogP contribution in [0.15, 0.2) is 48.5 Å². The van der Waals surface area contributed by atoms with Crippen LogP contribution < -0.4 is 10.1 Å². The molecule has 0 aliphatic carbocycles. The fourth-order valence-electron chi connectivity index (χ4n) is 2.18. The van der Waals surface area contributed by atoms with Crippen molar-refractivity contribution in [2.75, 3.05) is 7.11 Å². The number of methoxy groups -OCH3 is 1. The molecule has 0 atom stereocenters. The molecular weight excluding hydrogens is 262 g/mol. The number of rotatable bonds is 6. The van der Waals surface area contributed by atoms with E-state index in [1.165, 1.54) is 5.56 Å². The van der Waals surface area contributed by atoms with Gasteiger partial charge in [0.25, 0.3) is 5.91 Å². The van der Waals surface area contributed by atoms with Gasteiger partial charge >= 0.3 is 0 Å². The maximum absolute atomic E-state index is 12.2. The SMILES string of the molecule is CCCc1cccc(C(=O)NCc2ccc(OC)cc2)c1. The minimum absolute atomic E-state index is 0.0382.